The summed E-state index contributed by atoms with van der Waals surface area (Å²) in [6, 6.07) is 9.88. The molecule has 6 nitrogen and oxygen atoms in total. The van der Waals surface area contributed by atoms with Gasteiger partial charge in [-0.05, 0) is 44.0 Å². The lowest BCUT2D eigenvalue weighted by Crippen LogP contribution is -2.41. The Kier molecular flexibility index (Phi) is 5.14. The van der Waals surface area contributed by atoms with Crippen molar-refractivity contribution in [3.05, 3.63) is 59.7 Å². The Morgan fingerprint density at radius 3 is 2.75 bits per heavy atom. The van der Waals surface area contributed by atoms with E-state index in [-0.39, 0.29) is 17.8 Å². The van der Waals surface area contributed by atoms with Gasteiger partial charge in [-0.25, -0.2) is 14.2 Å². The van der Waals surface area contributed by atoms with Crippen LogP contribution in [0, 0.1) is 18.7 Å². The molecule has 144 valence electrons. The minimum absolute atomic E-state index is 0.278. The summed E-state index contributed by atoms with van der Waals surface area (Å²) in [5, 5.41) is 0. The highest BCUT2D eigenvalue weighted by molar-refractivity contribution is 6.12. The summed E-state index contributed by atoms with van der Waals surface area (Å²) in [4.78, 5) is 27.3. The van der Waals surface area contributed by atoms with Crippen LogP contribution in [0.4, 0.5) is 9.18 Å². The number of halogens is 1. The Morgan fingerprint density at radius 2 is 2.04 bits per heavy atom. The van der Waals surface area contributed by atoms with Crippen LogP contribution in [-0.2, 0) is 0 Å². The predicted octanol–water partition coefficient (Wildman–Crippen LogP) is 3.64. The van der Waals surface area contributed by atoms with Gasteiger partial charge in [0.05, 0.1) is 12.7 Å². The highest BCUT2D eigenvalue weighted by Gasteiger charge is 2.28. The number of aryl methyl sites for hydroxylation is 1. The molecule has 0 bridgehead atoms. The van der Waals surface area contributed by atoms with E-state index in [0.717, 1.165) is 24.2 Å². The number of ether oxygens (including phenoxy) is 1. The molecule has 7 heteroatoms. The Labute approximate surface area is 162 Å². The first-order chi connectivity index (χ1) is 13.6. The number of likely N-dealkylation sites (tertiary alicyclic amines) is 1. The van der Waals surface area contributed by atoms with Gasteiger partial charge in [-0.2, -0.15) is 0 Å². The molecule has 1 saturated heterocycles. The summed E-state index contributed by atoms with van der Waals surface area (Å²) in [5.74, 6) is 1.02. The van der Waals surface area contributed by atoms with Crippen LogP contribution < -0.4 is 4.74 Å². The van der Waals surface area contributed by atoms with Crippen LogP contribution in [0.25, 0.3) is 0 Å². The SMILES string of the molecule is Cc1ccc(OC(=O)N2CCC(C3=NC(c4cccc(F)c4)=NC3)CC2)cn1. The second kappa shape index (κ2) is 7.88. The van der Waals surface area contributed by atoms with E-state index in [2.05, 4.69) is 15.0 Å². The van der Waals surface area contributed by atoms with Crippen molar-refractivity contribution in [3.63, 3.8) is 0 Å². The Balaban J connectivity index is 1.32. The third kappa shape index (κ3) is 4.08. The van der Waals surface area contributed by atoms with E-state index in [1.807, 2.05) is 19.1 Å². The third-order valence-corrected chi connectivity index (χ3v) is 5.04. The van der Waals surface area contributed by atoms with Crippen molar-refractivity contribution in [3.8, 4) is 5.75 Å². The molecule has 3 heterocycles. The molecule has 0 unspecified atom stereocenters. The number of aliphatic imine (C=N–C) groups is 2. The van der Waals surface area contributed by atoms with E-state index >= 15 is 0 Å². The fraction of sp³-hybridized carbons (Fsp3) is 0.333. The average Bonchev–Trinajstić information content (AvgIpc) is 3.20. The normalized spacial score (nSPS) is 17.3. The molecule has 0 atom stereocenters. The smallest absolute Gasteiger partial charge is 0.409 e. The van der Waals surface area contributed by atoms with Gasteiger partial charge in [-0.15, -0.1) is 0 Å². The number of carbonyl (C=O) groups excluding carboxylic acids is 1. The number of hydrogen-bond donors (Lipinski definition) is 0. The Hall–Kier alpha value is -3.09. The first kappa shape index (κ1) is 18.3. The van der Waals surface area contributed by atoms with Gasteiger partial charge in [-0.1, -0.05) is 12.1 Å². The predicted molar refractivity (Wildman–Crippen MR) is 105 cm³/mol. The van der Waals surface area contributed by atoms with Crippen molar-refractivity contribution >= 4 is 17.6 Å². The molecule has 2 aromatic rings. The molecule has 1 amide bonds. The zero-order valence-corrected chi connectivity index (χ0v) is 15.6. The van der Waals surface area contributed by atoms with Gasteiger partial charge < -0.3 is 9.64 Å². The number of benzene rings is 1. The van der Waals surface area contributed by atoms with E-state index < -0.39 is 0 Å². The number of hydrogen-bond acceptors (Lipinski definition) is 5. The second-order valence-electron chi connectivity index (χ2n) is 7.02. The number of nitrogens with zero attached hydrogens (tertiary/aromatic N) is 4. The maximum absolute atomic E-state index is 13.4. The molecular weight excluding hydrogens is 359 g/mol. The van der Waals surface area contributed by atoms with Crippen LogP contribution in [0.2, 0.25) is 0 Å². The van der Waals surface area contributed by atoms with Crippen molar-refractivity contribution in [2.45, 2.75) is 19.8 Å². The van der Waals surface area contributed by atoms with E-state index in [0.29, 0.717) is 36.8 Å². The fourth-order valence-electron chi connectivity index (χ4n) is 3.44. The number of pyridine rings is 1. The van der Waals surface area contributed by atoms with Crippen molar-refractivity contribution < 1.29 is 13.9 Å². The van der Waals surface area contributed by atoms with Gasteiger partial charge in [0, 0.05) is 36.0 Å². The molecule has 0 N–H and O–H groups in total. The van der Waals surface area contributed by atoms with Crippen molar-refractivity contribution in [1.29, 1.82) is 0 Å². The lowest BCUT2D eigenvalue weighted by molar-refractivity contribution is 0.137. The van der Waals surface area contributed by atoms with E-state index in [1.54, 1.807) is 23.2 Å². The summed E-state index contributed by atoms with van der Waals surface area (Å²) in [6.45, 7) is 3.63. The molecule has 2 aliphatic rings. The van der Waals surface area contributed by atoms with Gasteiger partial charge in [-0.3, -0.25) is 9.98 Å². The number of aromatic nitrogens is 1. The average molecular weight is 380 g/mol. The molecule has 1 aromatic carbocycles. The third-order valence-electron chi connectivity index (χ3n) is 5.04. The van der Waals surface area contributed by atoms with Crippen molar-refractivity contribution in [2.75, 3.05) is 19.6 Å². The number of rotatable bonds is 3. The quantitative estimate of drug-likeness (QED) is 0.816. The monoisotopic (exact) mass is 380 g/mol. The highest BCUT2D eigenvalue weighted by Crippen LogP contribution is 2.23. The topological polar surface area (TPSA) is 67.2 Å². The van der Waals surface area contributed by atoms with Crippen LogP contribution in [-0.4, -0.2) is 47.2 Å². The standard InChI is InChI=1S/C21H21FN4O2/c1-14-5-6-18(12-23-14)28-21(27)26-9-7-15(8-10-26)19-13-24-20(25-19)16-3-2-4-17(22)11-16/h2-6,11-12,15H,7-10,13H2,1H3. The molecule has 1 fully saturated rings. The zero-order chi connectivity index (χ0) is 19.5. The Bertz CT molecular complexity index is 932. The highest BCUT2D eigenvalue weighted by atomic mass is 19.1. The van der Waals surface area contributed by atoms with Crippen LogP contribution in [0.15, 0.2) is 52.6 Å². The molecule has 1 aromatic heterocycles. The number of amidine groups is 1. The van der Waals surface area contributed by atoms with Gasteiger partial charge >= 0.3 is 6.09 Å². The number of carbonyl (C=O) groups is 1. The number of amides is 1. The molecular formula is C21H21FN4O2. The molecule has 0 radical (unpaired) electrons. The molecule has 2 aliphatic heterocycles. The Morgan fingerprint density at radius 1 is 1.21 bits per heavy atom. The van der Waals surface area contributed by atoms with E-state index in [1.165, 1.54) is 12.1 Å². The molecule has 4 rings (SSSR count). The largest absolute Gasteiger partial charge is 0.415 e. The minimum atomic E-state index is -0.353. The maximum Gasteiger partial charge on any atom is 0.415 e. The summed E-state index contributed by atoms with van der Waals surface area (Å²) in [6.07, 6.45) is 2.82. The lowest BCUT2D eigenvalue weighted by Gasteiger charge is -2.31. The molecule has 0 aliphatic carbocycles. The number of piperidine rings is 1. The minimum Gasteiger partial charge on any atom is -0.409 e. The van der Waals surface area contributed by atoms with Gasteiger partial charge in [0.15, 0.2) is 11.6 Å². The fourth-order valence-corrected chi connectivity index (χ4v) is 3.44. The van der Waals surface area contributed by atoms with Crippen LogP contribution >= 0.6 is 0 Å². The van der Waals surface area contributed by atoms with Crippen LogP contribution in [0.1, 0.15) is 24.1 Å². The van der Waals surface area contributed by atoms with Gasteiger partial charge in [0.1, 0.15) is 5.82 Å². The molecule has 0 saturated carbocycles. The second-order valence-corrected chi connectivity index (χ2v) is 7.02. The van der Waals surface area contributed by atoms with Gasteiger partial charge in [0.2, 0.25) is 0 Å². The van der Waals surface area contributed by atoms with Crippen molar-refractivity contribution in [1.82, 2.24) is 9.88 Å². The summed E-state index contributed by atoms with van der Waals surface area (Å²) >= 11 is 0. The van der Waals surface area contributed by atoms with Crippen LogP contribution in [0.3, 0.4) is 0 Å². The summed E-state index contributed by atoms with van der Waals surface area (Å²) < 4.78 is 18.8. The van der Waals surface area contributed by atoms with E-state index in [9.17, 15) is 9.18 Å². The maximum atomic E-state index is 13.4. The van der Waals surface area contributed by atoms with Crippen molar-refractivity contribution in [2.24, 2.45) is 15.9 Å². The van der Waals surface area contributed by atoms with Crippen LogP contribution in [0.5, 0.6) is 5.75 Å². The zero-order valence-electron chi connectivity index (χ0n) is 15.6. The molecule has 0 spiro atoms. The first-order valence-electron chi connectivity index (χ1n) is 9.36. The van der Waals surface area contributed by atoms with E-state index in [4.69, 9.17) is 4.74 Å². The molecule has 28 heavy (non-hydrogen) atoms. The summed E-state index contributed by atoms with van der Waals surface area (Å²) in [7, 11) is 0. The summed E-state index contributed by atoms with van der Waals surface area (Å²) in [5.41, 5.74) is 2.58. The first-order valence-corrected chi connectivity index (χ1v) is 9.36. The van der Waals surface area contributed by atoms with Gasteiger partial charge in [0.25, 0.3) is 0 Å². The lowest BCUT2D eigenvalue weighted by atomic mass is 9.92.